The van der Waals surface area contributed by atoms with Crippen LogP contribution < -0.4 is 10.9 Å². The Kier molecular flexibility index (Phi) is 4.57. The summed E-state index contributed by atoms with van der Waals surface area (Å²) < 4.78 is 2.96. The minimum absolute atomic E-state index is 0.153. The normalized spacial score (nSPS) is 11.2. The van der Waals surface area contributed by atoms with Crippen LogP contribution in [0.25, 0.3) is 27.3 Å². The van der Waals surface area contributed by atoms with Crippen LogP contribution in [0.5, 0.6) is 0 Å². The van der Waals surface area contributed by atoms with E-state index in [0.29, 0.717) is 33.1 Å². The average molecular weight is 436 g/mol. The highest BCUT2D eigenvalue weighted by atomic mass is 35.5. The number of aromatic nitrogens is 4. The van der Waals surface area contributed by atoms with E-state index in [9.17, 15) is 9.59 Å². The van der Waals surface area contributed by atoms with Crippen LogP contribution in [0.4, 0.5) is 5.69 Å². The van der Waals surface area contributed by atoms with E-state index in [1.165, 1.54) is 4.57 Å². The van der Waals surface area contributed by atoms with Crippen molar-refractivity contribution < 1.29 is 4.79 Å². The molecule has 148 valence electrons. The van der Waals surface area contributed by atoms with Crippen molar-refractivity contribution in [3.8, 4) is 10.6 Å². The molecule has 1 aromatic carbocycles. The first-order valence-corrected chi connectivity index (χ1v) is 10.3. The summed E-state index contributed by atoms with van der Waals surface area (Å²) in [5.74, 6) is -0.327. The molecule has 0 radical (unpaired) electrons. The number of amides is 1. The van der Waals surface area contributed by atoms with E-state index in [4.69, 9.17) is 11.6 Å². The van der Waals surface area contributed by atoms with Crippen molar-refractivity contribution in [1.29, 1.82) is 0 Å². The van der Waals surface area contributed by atoms with Crippen molar-refractivity contribution in [2.24, 2.45) is 0 Å². The van der Waals surface area contributed by atoms with E-state index in [1.807, 2.05) is 17.5 Å². The predicted octanol–water partition coefficient (Wildman–Crippen LogP) is 4.06. The molecular formula is C21H14ClN5O2S. The standard InChI is InChI=1S/C21H14ClN5O2S/c22-13-5-7-14(8-6-13)24-19(28)12-26-16-3-1-9-23-20(16)27-17(21(26)29)11-15(25-27)18-4-2-10-30-18/h1-11H,12H2,(H,24,28). The molecule has 0 fully saturated rings. The molecule has 0 bridgehead atoms. The molecule has 0 atom stereocenters. The number of fused-ring (bicyclic) bond motifs is 3. The first kappa shape index (κ1) is 18.5. The fraction of sp³-hybridized carbons (Fsp3) is 0.0476. The van der Waals surface area contributed by atoms with Gasteiger partial charge in [0.05, 0.1) is 10.4 Å². The quantitative estimate of drug-likeness (QED) is 0.461. The zero-order valence-corrected chi connectivity index (χ0v) is 17.0. The summed E-state index contributed by atoms with van der Waals surface area (Å²) in [6, 6.07) is 15.9. The van der Waals surface area contributed by atoms with E-state index in [1.54, 1.807) is 64.5 Å². The van der Waals surface area contributed by atoms with Gasteiger partial charge >= 0.3 is 0 Å². The molecule has 0 aliphatic rings. The summed E-state index contributed by atoms with van der Waals surface area (Å²) in [6.45, 7) is -0.153. The zero-order chi connectivity index (χ0) is 20.7. The van der Waals surface area contributed by atoms with E-state index in [0.717, 1.165) is 4.88 Å². The highest BCUT2D eigenvalue weighted by Crippen LogP contribution is 2.25. The number of carbonyl (C=O) groups excluding carboxylic acids is 1. The third-order valence-electron chi connectivity index (χ3n) is 4.63. The Bertz CT molecular complexity index is 1440. The smallest absolute Gasteiger partial charge is 0.277 e. The molecule has 5 rings (SSSR count). The summed E-state index contributed by atoms with van der Waals surface area (Å²) in [4.78, 5) is 31.2. The summed E-state index contributed by atoms with van der Waals surface area (Å²) in [6.07, 6.45) is 1.64. The van der Waals surface area contributed by atoms with Crippen LogP contribution >= 0.6 is 22.9 Å². The van der Waals surface area contributed by atoms with Gasteiger partial charge < -0.3 is 5.32 Å². The van der Waals surface area contributed by atoms with Crippen molar-refractivity contribution in [2.45, 2.75) is 6.54 Å². The second-order valence-electron chi connectivity index (χ2n) is 6.60. The van der Waals surface area contributed by atoms with Gasteiger partial charge in [0.2, 0.25) is 5.91 Å². The van der Waals surface area contributed by atoms with Crippen molar-refractivity contribution in [3.05, 3.63) is 81.6 Å². The Morgan fingerprint density at radius 1 is 1.10 bits per heavy atom. The van der Waals surface area contributed by atoms with Gasteiger partial charge in [-0.05, 0) is 53.9 Å². The Balaban J connectivity index is 1.60. The Morgan fingerprint density at radius 3 is 2.70 bits per heavy atom. The minimum Gasteiger partial charge on any atom is -0.325 e. The van der Waals surface area contributed by atoms with Gasteiger partial charge in [-0.15, -0.1) is 11.3 Å². The van der Waals surface area contributed by atoms with Crippen LogP contribution in [-0.2, 0) is 11.3 Å². The number of nitrogens with zero attached hydrogens (tertiary/aromatic N) is 4. The fourth-order valence-corrected chi connectivity index (χ4v) is 4.09. The lowest BCUT2D eigenvalue weighted by Gasteiger charge is -2.11. The zero-order valence-electron chi connectivity index (χ0n) is 15.4. The van der Waals surface area contributed by atoms with E-state index >= 15 is 0 Å². The SMILES string of the molecule is O=C(Cn1c(=O)c2cc(-c3cccs3)nn2c2ncccc21)Nc1ccc(Cl)cc1. The number of pyridine rings is 1. The largest absolute Gasteiger partial charge is 0.325 e. The van der Waals surface area contributed by atoms with Crippen LogP contribution in [0.2, 0.25) is 5.02 Å². The molecule has 0 spiro atoms. The Labute approximate surface area is 179 Å². The number of anilines is 1. The van der Waals surface area contributed by atoms with Crippen molar-refractivity contribution >= 4 is 51.2 Å². The molecular weight excluding hydrogens is 422 g/mol. The molecule has 0 unspecified atom stereocenters. The maximum absolute atomic E-state index is 13.2. The number of hydrogen-bond donors (Lipinski definition) is 1. The van der Waals surface area contributed by atoms with E-state index in [-0.39, 0.29) is 18.0 Å². The number of hydrogen-bond acceptors (Lipinski definition) is 5. The fourth-order valence-electron chi connectivity index (χ4n) is 3.28. The molecule has 4 aromatic heterocycles. The van der Waals surface area contributed by atoms with Gasteiger partial charge in [-0.1, -0.05) is 17.7 Å². The van der Waals surface area contributed by atoms with Crippen molar-refractivity contribution in [3.63, 3.8) is 0 Å². The van der Waals surface area contributed by atoms with Gasteiger partial charge in [0.25, 0.3) is 5.56 Å². The molecule has 7 nitrogen and oxygen atoms in total. The number of rotatable bonds is 4. The monoisotopic (exact) mass is 435 g/mol. The molecule has 0 aliphatic carbocycles. The third-order valence-corrected chi connectivity index (χ3v) is 5.78. The Morgan fingerprint density at radius 2 is 1.93 bits per heavy atom. The first-order valence-electron chi connectivity index (χ1n) is 9.07. The molecule has 0 saturated carbocycles. The lowest BCUT2D eigenvalue weighted by Crippen LogP contribution is -2.29. The summed E-state index contributed by atoms with van der Waals surface area (Å²) >= 11 is 7.43. The lowest BCUT2D eigenvalue weighted by molar-refractivity contribution is -0.116. The van der Waals surface area contributed by atoms with Gasteiger partial charge in [-0.2, -0.15) is 5.10 Å². The lowest BCUT2D eigenvalue weighted by atomic mass is 10.3. The first-order chi connectivity index (χ1) is 14.6. The molecule has 1 amide bonds. The van der Waals surface area contributed by atoms with Gasteiger partial charge in [-0.3, -0.25) is 14.2 Å². The molecule has 0 aliphatic heterocycles. The van der Waals surface area contributed by atoms with Crippen LogP contribution in [-0.4, -0.2) is 25.1 Å². The highest BCUT2D eigenvalue weighted by Gasteiger charge is 2.17. The van der Waals surface area contributed by atoms with E-state index < -0.39 is 0 Å². The number of benzene rings is 1. The summed E-state index contributed by atoms with van der Waals surface area (Å²) in [5.41, 5.74) is 2.39. The maximum atomic E-state index is 13.2. The molecule has 5 aromatic rings. The number of nitrogens with one attached hydrogen (secondary N) is 1. The summed E-state index contributed by atoms with van der Waals surface area (Å²) in [5, 5.41) is 9.90. The van der Waals surface area contributed by atoms with Crippen molar-refractivity contribution in [1.82, 2.24) is 19.2 Å². The molecule has 4 heterocycles. The second kappa shape index (κ2) is 7.40. The topological polar surface area (TPSA) is 81.3 Å². The van der Waals surface area contributed by atoms with Gasteiger partial charge in [-0.25, -0.2) is 9.50 Å². The molecule has 30 heavy (non-hydrogen) atoms. The van der Waals surface area contributed by atoms with Crippen LogP contribution in [0, 0.1) is 0 Å². The van der Waals surface area contributed by atoms with Crippen LogP contribution in [0.1, 0.15) is 0 Å². The van der Waals surface area contributed by atoms with Crippen molar-refractivity contribution in [2.75, 3.05) is 5.32 Å². The second-order valence-corrected chi connectivity index (χ2v) is 7.98. The molecule has 9 heteroatoms. The number of halogens is 1. The Hall–Kier alpha value is -3.49. The predicted molar refractivity (Wildman–Crippen MR) is 118 cm³/mol. The minimum atomic E-state index is -0.327. The van der Waals surface area contributed by atoms with Crippen LogP contribution in [0.3, 0.4) is 0 Å². The maximum Gasteiger partial charge on any atom is 0.277 e. The van der Waals surface area contributed by atoms with Gasteiger partial charge in [0.1, 0.15) is 17.8 Å². The number of carbonyl (C=O) groups is 1. The summed E-state index contributed by atoms with van der Waals surface area (Å²) in [7, 11) is 0. The van der Waals surface area contributed by atoms with Gasteiger partial charge in [0, 0.05) is 16.9 Å². The third kappa shape index (κ3) is 3.26. The molecule has 0 saturated heterocycles. The van der Waals surface area contributed by atoms with E-state index in [2.05, 4.69) is 15.4 Å². The number of thiophene rings is 1. The average Bonchev–Trinajstić information content (AvgIpc) is 3.43. The van der Waals surface area contributed by atoms with Gasteiger partial charge in [0.15, 0.2) is 5.65 Å². The highest BCUT2D eigenvalue weighted by molar-refractivity contribution is 7.13. The van der Waals surface area contributed by atoms with Crippen LogP contribution in [0.15, 0.2) is 71.0 Å². The molecule has 1 N–H and O–H groups in total.